The molecule has 55 heavy (non-hydrogen) atoms. The summed E-state index contributed by atoms with van der Waals surface area (Å²) in [6.45, 7) is 0. The molecule has 0 radical (unpaired) electrons. The first-order chi connectivity index (χ1) is 27.2. The molecule has 5 aromatic carbocycles. The number of fused-ring (bicyclic) bond motifs is 3. The summed E-state index contributed by atoms with van der Waals surface area (Å²) in [5.41, 5.74) is 14.4. The van der Waals surface area contributed by atoms with Gasteiger partial charge in [0.25, 0.3) is 0 Å². The Morgan fingerprint density at radius 1 is 0.527 bits per heavy atom. The summed E-state index contributed by atoms with van der Waals surface area (Å²) < 4.78 is 2.48. The Kier molecular flexibility index (Phi) is 8.57. The predicted octanol–water partition coefficient (Wildman–Crippen LogP) is 12.9. The van der Waals surface area contributed by atoms with Crippen LogP contribution in [0, 0.1) is 0 Å². The second-order valence-electron chi connectivity index (χ2n) is 14.6. The zero-order valence-corrected chi connectivity index (χ0v) is 30.6. The minimum absolute atomic E-state index is 0.304. The van der Waals surface area contributed by atoms with Gasteiger partial charge in [0.15, 0.2) is 17.5 Å². The van der Waals surface area contributed by atoms with Gasteiger partial charge in [0.1, 0.15) is 0 Å². The van der Waals surface area contributed by atoms with Gasteiger partial charge < -0.3 is 4.57 Å². The molecule has 3 aliphatic carbocycles. The van der Waals surface area contributed by atoms with E-state index in [1.807, 2.05) is 18.2 Å². The van der Waals surface area contributed by atoms with E-state index in [1.54, 1.807) is 0 Å². The van der Waals surface area contributed by atoms with E-state index in [0.29, 0.717) is 17.7 Å². The first kappa shape index (κ1) is 33.0. The molecular weight excluding hydrogens is 669 g/mol. The van der Waals surface area contributed by atoms with Crippen LogP contribution in [0.4, 0.5) is 0 Å². The SMILES string of the molecule is C1=CCCC(c2nc(-c3ccccc3)nc(-c3cccc(-c4cccc(-c5cccc(-c6cn(C7C=CC=CC7)c7ccc8c(c67)C=CCC8)c5)c4)c3)n2)=C1. The maximum absolute atomic E-state index is 5.03. The van der Waals surface area contributed by atoms with Crippen LogP contribution in [0.3, 0.4) is 0 Å². The molecule has 0 bridgehead atoms. The monoisotopic (exact) mass is 708 g/mol. The van der Waals surface area contributed by atoms with Gasteiger partial charge in [-0.2, -0.15) is 0 Å². The Bertz CT molecular complexity index is 2740. The van der Waals surface area contributed by atoms with Gasteiger partial charge in [-0.05, 0) is 101 Å². The van der Waals surface area contributed by atoms with E-state index in [2.05, 4.69) is 163 Å². The van der Waals surface area contributed by atoms with Crippen LogP contribution in [0.1, 0.15) is 48.7 Å². The van der Waals surface area contributed by atoms with Crippen molar-refractivity contribution in [3.05, 3.63) is 187 Å². The number of benzene rings is 5. The highest BCUT2D eigenvalue weighted by molar-refractivity contribution is 6.03. The Hall–Kier alpha value is -6.65. The van der Waals surface area contributed by atoms with Crippen LogP contribution in [0.25, 0.3) is 78.7 Å². The standard InChI is InChI=1S/C51H40N4/c1-4-16-36(17-5-1)49-52-50(37-18-6-2-7-19-37)54-51(53-49)43-25-14-23-41(33-43)39-21-12-20-38(31-39)40-22-13-24-42(32-40)46-34-55(44-26-8-3-9-27-44)47-30-29-35-15-10-11-28-45(35)48(46)47/h1-6,8-9,11-14,16-18,20-26,28-34,44H,7,10,15,19,27H2. The average Bonchev–Trinajstić information content (AvgIpc) is 3.68. The smallest absolute Gasteiger partial charge is 0.164 e. The lowest BCUT2D eigenvalue weighted by atomic mass is 9.90. The van der Waals surface area contributed by atoms with E-state index in [0.717, 1.165) is 65.8 Å². The van der Waals surface area contributed by atoms with Crippen molar-refractivity contribution in [1.29, 1.82) is 0 Å². The number of aryl methyl sites for hydroxylation is 1. The Balaban J connectivity index is 1.03. The van der Waals surface area contributed by atoms with E-state index < -0.39 is 0 Å². The molecule has 2 heterocycles. The lowest BCUT2D eigenvalue weighted by Crippen LogP contribution is -2.06. The largest absolute Gasteiger partial charge is 0.340 e. The van der Waals surface area contributed by atoms with Gasteiger partial charge in [0.05, 0.1) is 6.04 Å². The van der Waals surface area contributed by atoms with E-state index in [9.17, 15) is 0 Å². The lowest BCUT2D eigenvalue weighted by molar-refractivity contribution is 0.630. The van der Waals surface area contributed by atoms with Gasteiger partial charge in [-0.15, -0.1) is 0 Å². The van der Waals surface area contributed by atoms with Crippen molar-refractivity contribution in [1.82, 2.24) is 19.5 Å². The van der Waals surface area contributed by atoms with Crippen LogP contribution in [0.2, 0.25) is 0 Å². The quantitative estimate of drug-likeness (QED) is 0.166. The molecule has 0 saturated heterocycles. The van der Waals surface area contributed by atoms with Crippen molar-refractivity contribution in [2.24, 2.45) is 0 Å². The minimum Gasteiger partial charge on any atom is -0.340 e. The normalized spacial score (nSPS) is 16.0. The molecule has 0 fully saturated rings. The molecule has 0 saturated carbocycles. The third-order valence-corrected chi connectivity index (χ3v) is 11.1. The maximum Gasteiger partial charge on any atom is 0.164 e. The topological polar surface area (TPSA) is 43.6 Å². The van der Waals surface area contributed by atoms with Crippen LogP contribution < -0.4 is 0 Å². The first-order valence-corrected chi connectivity index (χ1v) is 19.4. The van der Waals surface area contributed by atoms with Crippen molar-refractivity contribution >= 4 is 22.6 Å². The highest BCUT2D eigenvalue weighted by Crippen LogP contribution is 2.41. The van der Waals surface area contributed by atoms with Crippen LogP contribution in [0.5, 0.6) is 0 Å². The van der Waals surface area contributed by atoms with E-state index >= 15 is 0 Å². The molecule has 264 valence electrons. The van der Waals surface area contributed by atoms with Crippen LogP contribution >= 0.6 is 0 Å². The molecule has 1 atom stereocenters. The molecule has 0 spiro atoms. The second kappa shape index (κ2) is 14.3. The van der Waals surface area contributed by atoms with Crippen molar-refractivity contribution in [2.75, 3.05) is 0 Å². The van der Waals surface area contributed by atoms with E-state index in [-0.39, 0.29) is 0 Å². The molecule has 0 N–H and O–H groups in total. The summed E-state index contributed by atoms with van der Waals surface area (Å²) in [7, 11) is 0. The van der Waals surface area contributed by atoms with Gasteiger partial charge in [-0.1, -0.05) is 146 Å². The average molecular weight is 709 g/mol. The molecule has 0 amide bonds. The summed E-state index contributed by atoms with van der Waals surface area (Å²) in [4.78, 5) is 15.0. The fraction of sp³-hybridized carbons (Fsp3) is 0.118. The maximum atomic E-state index is 5.03. The molecule has 4 nitrogen and oxygen atoms in total. The predicted molar refractivity (Wildman–Crippen MR) is 228 cm³/mol. The van der Waals surface area contributed by atoms with E-state index in [4.69, 9.17) is 15.0 Å². The highest BCUT2D eigenvalue weighted by Gasteiger charge is 2.21. The molecule has 4 heteroatoms. The minimum atomic E-state index is 0.304. The number of hydrogen-bond acceptors (Lipinski definition) is 3. The fourth-order valence-electron chi connectivity index (χ4n) is 8.27. The van der Waals surface area contributed by atoms with Crippen molar-refractivity contribution in [2.45, 2.75) is 38.1 Å². The molecule has 2 aromatic heterocycles. The number of hydrogen-bond donors (Lipinski definition) is 0. The molecule has 10 rings (SSSR count). The van der Waals surface area contributed by atoms with Gasteiger partial charge in [-0.25, -0.2) is 15.0 Å². The number of allylic oxidation sites excluding steroid dienone is 9. The van der Waals surface area contributed by atoms with Crippen LogP contribution in [-0.2, 0) is 6.42 Å². The van der Waals surface area contributed by atoms with Gasteiger partial charge in [0, 0.05) is 33.8 Å². The Labute approximate surface area is 322 Å². The Morgan fingerprint density at radius 2 is 1.18 bits per heavy atom. The summed E-state index contributed by atoms with van der Waals surface area (Å²) in [6, 6.07) is 41.7. The third kappa shape index (κ3) is 6.40. The molecular formula is C51H40N4. The first-order valence-electron chi connectivity index (χ1n) is 19.4. The molecule has 7 aromatic rings. The summed E-state index contributed by atoms with van der Waals surface area (Å²) in [5.74, 6) is 2.11. The van der Waals surface area contributed by atoms with Crippen LogP contribution in [0.15, 0.2) is 170 Å². The molecule has 0 aliphatic heterocycles. The molecule has 3 aliphatic rings. The third-order valence-electron chi connectivity index (χ3n) is 11.1. The fourth-order valence-corrected chi connectivity index (χ4v) is 8.27. The summed E-state index contributed by atoms with van der Waals surface area (Å²) >= 11 is 0. The highest BCUT2D eigenvalue weighted by atomic mass is 15.0. The van der Waals surface area contributed by atoms with Gasteiger partial charge in [0.2, 0.25) is 0 Å². The number of nitrogens with zero attached hydrogens (tertiary/aromatic N) is 4. The van der Waals surface area contributed by atoms with Crippen molar-refractivity contribution < 1.29 is 0 Å². The molecule has 1 unspecified atom stereocenters. The summed E-state index contributed by atoms with van der Waals surface area (Å²) in [6.07, 6.45) is 27.5. The van der Waals surface area contributed by atoms with Crippen molar-refractivity contribution in [3.8, 4) is 56.2 Å². The Morgan fingerprint density at radius 3 is 1.91 bits per heavy atom. The lowest BCUT2D eigenvalue weighted by Gasteiger charge is -2.18. The van der Waals surface area contributed by atoms with Gasteiger partial charge in [-0.3, -0.25) is 0 Å². The zero-order valence-electron chi connectivity index (χ0n) is 30.6. The summed E-state index contributed by atoms with van der Waals surface area (Å²) in [5, 5.41) is 1.35. The van der Waals surface area contributed by atoms with E-state index in [1.165, 1.54) is 44.3 Å². The second-order valence-corrected chi connectivity index (χ2v) is 14.6. The van der Waals surface area contributed by atoms with Crippen LogP contribution in [-0.4, -0.2) is 19.5 Å². The number of aromatic nitrogens is 4. The van der Waals surface area contributed by atoms with Crippen molar-refractivity contribution in [3.63, 3.8) is 0 Å². The van der Waals surface area contributed by atoms with Gasteiger partial charge >= 0.3 is 0 Å². The zero-order chi connectivity index (χ0) is 36.6. The number of rotatable bonds is 7.